The van der Waals surface area contributed by atoms with Gasteiger partial charge in [-0.1, -0.05) is 25.1 Å². The second-order valence-electron chi connectivity index (χ2n) is 2.26. The first-order valence-electron chi connectivity index (χ1n) is 3.57. The van der Waals surface area contributed by atoms with Crippen molar-refractivity contribution >= 4 is 0 Å². The molecule has 0 spiro atoms. The number of aryl methyl sites for hydroxylation is 1. The SMILES string of the molecule is CCc1[c]c(CN)ccc1. The summed E-state index contributed by atoms with van der Waals surface area (Å²) in [4.78, 5) is 0. The zero-order chi connectivity index (χ0) is 7.40. The van der Waals surface area contributed by atoms with E-state index in [1.54, 1.807) is 0 Å². The van der Waals surface area contributed by atoms with Crippen LogP contribution in [0.1, 0.15) is 18.1 Å². The highest BCUT2D eigenvalue weighted by Gasteiger charge is 1.90. The van der Waals surface area contributed by atoms with E-state index in [4.69, 9.17) is 5.73 Å². The summed E-state index contributed by atoms with van der Waals surface area (Å²) in [5.41, 5.74) is 7.78. The van der Waals surface area contributed by atoms with E-state index < -0.39 is 0 Å². The fourth-order valence-electron chi connectivity index (χ4n) is 0.895. The van der Waals surface area contributed by atoms with Crippen molar-refractivity contribution in [2.45, 2.75) is 19.9 Å². The summed E-state index contributed by atoms with van der Waals surface area (Å²) in [6.45, 7) is 2.71. The molecule has 1 heteroatoms. The predicted octanol–water partition coefficient (Wildman–Crippen LogP) is 1.51. The molecule has 1 radical (unpaired) electrons. The standard InChI is InChI=1S/C9H12N/c1-2-8-4-3-5-9(6-8)7-10/h3-5H,2,7,10H2,1H3. The molecule has 0 heterocycles. The van der Waals surface area contributed by atoms with E-state index in [0.717, 1.165) is 12.0 Å². The van der Waals surface area contributed by atoms with Gasteiger partial charge in [-0.05, 0) is 23.6 Å². The van der Waals surface area contributed by atoms with Crippen LogP contribution in [0.3, 0.4) is 0 Å². The molecule has 0 aromatic heterocycles. The lowest BCUT2D eigenvalue weighted by Crippen LogP contribution is -1.96. The quantitative estimate of drug-likeness (QED) is 0.651. The van der Waals surface area contributed by atoms with Crippen LogP contribution in [0.4, 0.5) is 0 Å². The summed E-state index contributed by atoms with van der Waals surface area (Å²) in [5, 5.41) is 0. The second kappa shape index (κ2) is 3.37. The Morgan fingerprint density at radius 2 is 2.10 bits per heavy atom. The number of hydrogen-bond donors (Lipinski definition) is 1. The smallest absolute Gasteiger partial charge is 0.0184 e. The Hall–Kier alpha value is -0.820. The van der Waals surface area contributed by atoms with Crippen LogP contribution in [0.25, 0.3) is 0 Å². The van der Waals surface area contributed by atoms with E-state index in [0.29, 0.717) is 6.54 Å². The lowest BCUT2D eigenvalue weighted by atomic mass is 10.1. The fourth-order valence-corrected chi connectivity index (χ4v) is 0.895. The minimum Gasteiger partial charge on any atom is -0.326 e. The van der Waals surface area contributed by atoms with Gasteiger partial charge >= 0.3 is 0 Å². The Bertz CT molecular complexity index is 186. The summed E-state index contributed by atoms with van der Waals surface area (Å²) in [6.07, 6.45) is 1.04. The van der Waals surface area contributed by atoms with Crippen molar-refractivity contribution in [1.29, 1.82) is 0 Å². The third-order valence-electron chi connectivity index (χ3n) is 1.52. The van der Waals surface area contributed by atoms with Gasteiger partial charge in [0.2, 0.25) is 0 Å². The summed E-state index contributed by atoms with van der Waals surface area (Å²) in [7, 11) is 0. The molecule has 1 aromatic rings. The van der Waals surface area contributed by atoms with Crippen LogP contribution in [0, 0.1) is 6.07 Å². The van der Waals surface area contributed by atoms with E-state index >= 15 is 0 Å². The molecule has 0 aliphatic rings. The number of hydrogen-bond acceptors (Lipinski definition) is 1. The number of nitrogens with two attached hydrogens (primary N) is 1. The van der Waals surface area contributed by atoms with E-state index in [1.165, 1.54) is 5.56 Å². The zero-order valence-electron chi connectivity index (χ0n) is 6.22. The Morgan fingerprint density at radius 1 is 1.40 bits per heavy atom. The largest absolute Gasteiger partial charge is 0.326 e. The first-order valence-corrected chi connectivity index (χ1v) is 3.57. The van der Waals surface area contributed by atoms with Crippen molar-refractivity contribution in [3.05, 3.63) is 35.4 Å². The normalized spacial score (nSPS) is 9.80. The van der Waals surface area contributed by atoms with Crippen molar-refractivity contribution in [3.63, 3.8) is 0 Å². The average Bonchev–Trinajstić information content (AvgIpc) is 2.05. The summed E-state index contributed by atoms with van der Waals surface area (Å²) < 4.78 is 0. The van der Waals surface area contributed by atoms with Gasteiger partial charge in [-0.25, -0.2) is 0 Å². The van der Waals surface area contributed by atoms with Crippen LogP contribution in [0.5, 0.6) is 0 Å². The lowest BCUT2D eigenvalue weighted by Gasteiger charge is -1.97. The van der Waals surface area contributed by atoms with Gasteiger partial charge in [0.25, 0.3) is 0 Å². The van der Waals surface area contributed by atoms with Gasteiger partial charge in [-0.15, -0.1) is 0 Å². The molecule has 1 aromatic carbocycles. The predicted molar refractivity (Wildman–Crippen MR) is 42.5 cm³/mol. The first kappa shape index (κ1) is 7.29. The molecule has 10 heavy (non-hydrogen) atoms. The van der Waals surface area contributed by atoms with Gasteiger partial charge in [-0.3, -0.25) is 0 Å². The fraction of sp³-hybridized carbons (Fsp3) is 0.333. The molecule has 0 bridgehead atoms. The molecule has 0 aliphatic heterocycles. The molecular weight excluding hydrogens is 122 g/mol. The molecule has 1 nitrogen and oxygen atoms in total. The molecule has 53 valence electrons. The zero-order valence-corrected chi connectivity index (χ0v) is 6.22. The van der Waals surface area contributed by atoms with Crippen molar-refractivity contribution in [2.75, 3.05) is 0 Å². The van der Waals surface area contributed by atoms with Gasteiger partial charge in [0.1, 0.15) is 0 Å². The second-order valence-corrected chi connectivity index (χ2v) is 2.26. The number of rotatable bonds is 2. The Kier molecular flexibility index (Phi) is 2.46. The minimum atomic E-state index is 0.591. The van der Waals surface area contributed by atoms with E-state index in [9.17, 15) is 0 Å². The molecule has 0 unspecified atom stereocenters. The van der Waals surface area contributed by atoms with Gasteiger partial charge in [0, 0.05) is 6.54 Å². The van der Waals surface area contributed by atoms with Crippen LogP contribution in [0.15, 0.2) is 18.2 Å². The first-order chi connectivity index (χ1) is 4.86. The maximum Gasteiger partial charge on any atom is 0.0184 e. The maximum atomic E-state index is 5.44. The Balaban J connectivity index is 2.87. The minimum absolute atomic E-state index is 0.591. The molecule has 1 rings (SSSR count). The highest BCUT2D eigenvalue weighted by Crippen LogP contribution is 2.03. The third-order valence-corrected chi connectivity index (χ3v) is 1.52. The van der Waals surface area contributed by atoms with Crippen molar-refractivity contribution < 1.29 is 0 Å². The maximum absolute atomic E-state index is 5.44. The van der Waals surface area contributed by atoms with Crippen molar-refractivity contribution in [1.82, 2.24) is 0 Å². The average molecular weight is 134 g/mol. The molecular formula is C9H12N. The topological polar surface area (TPSA) is 26.0 Å². The molecule has 0 atom stereocenters. The molecule has 0 aliphatic carbocycles. The Morgan fingerprint density at radius 3 is 2.70 bits per heavy atom. The van der Waals surface area contributed by atoms with Gasteiger partial charge in [-0.2, -0.15) is 0 Å². The molecule has 0 amide bonds. The Labute approximate surface area is 61.9 Å². The highest BCUT2D eigenvalue weighted by atomic mass is 14.5. The highest BCUT2D eigenvalue weighted by molar-refractivity contribution is 5.21. The third kappa shape index (κ3) is 1.58. The van der Waals surface area contributed by atoms with Gasteiger partial charge < -0.3 is 5.73 Å². The molecule has 2 N–H and O–H groups in total. The van der Waals surface area contributed by atoms with Gasteiger partial charge in [0.15, 0.2) is 0 Å². The molecule has 0 saturated heterocycles. The van der Waals surface area contributed by atoms with E-state index in [-0.39, 0.29) is 0 Å². The molecule has 0 fully saturated rings. The monoisotopic (exact) mass is 134 g/mol. The van der Waals surface area contributed by atoms with Crippen LogP contribution < -0.4 is 5.73 Å². The van der Waals surface area contributed by atoms with Gasteiger partial charge in [0.05, 0.1) is 0 Å². The van der Waals surface area contributed by atoms with E-state index in [1.807, 2.05) is 12.1 Å². The van der Waals surface area contributed by atoms with Crippen LogP contribution >= 0.6 is 0 Å². The van der Waals surface area contributed by atoms with Crippen LogP contribution in [0.2, 0.25) is 0 Å². The van der Waals surface area contributed by atoms with Crippen molar-refractivity contribution in [2.24, 2.45) is 5.73 Å². The summed E-state index contributed by atoms with van der Waals surface area (Å²) in [5.74, 6) is 0. The van der Waals surface area contributed by atoms with Crippen LogP contribution in [-0.2, 0) is 13.0 Å². The lowest BCUT2D eigenvalue weighted by molar-refractivity contribution is 1.04. The summed E-state index contributed by atoms with van der Waals surface area (Å²) >= 11 is 0. The van der Waals surface area contributed by atoms with Crippen LogP contribution in [-0.4, -0.2) is 0 Å². The molecule has 0 saturated carbocycles. The van der Waals surface area contributed by atoms with Crippen molar-refractivity contribution in [3.8, 4) is 0 Å². The summed E-state index contributed by atoms with van der Waals surface area (Å²) in [6, 6.07) is 9.31. The van der Waals surface area contributed by atoms with E-state index in [2.05, 4.69) is 19.1 Å². The number of benzene rings is 1.